The van der Waals surface area contributed by atoms with Gasteiger partial charge in [-0.1, -0.05) is 29.8 Å². The summed E-state index contributed by atoms with van der Waals surface area (Å²) >= 11 is 1.71. The van der Waals surface area contributed by atoms with Gasteiger partial charge in [0.1, 0.15) is 0 Å². The molecule has 1 unspecified atom stereocenters. The van der Waals surface area contributed by atoms with Crippen molar-refractivity contribution in [1.29, 1.82) is 0 Å². The maximum atomic E-state index is 10.3. The second kappa shape index (κ2) is 7.35. The van der Waals surface area contributed by atoms with Gasteiger partial charge >= 0.3 is 5.97 Å². The van der Waals surface area contributed by atoms with Gasteiger partial charge in [0.25, 0.3) is 0 Å². The van der Waals surface area contributed by atoms with E-state index in [9.17, 15) is 9.90 Å². The van der Waals surface area contributed by atoms with Gasteiger partial charge in [0.05, 0.1) is 12.5 Å². The fourth-order valence-electron chi connectivity index (χ4n) is 1.40. The first kappa shape index (κ1) is 14.1. The third-order valence-electron chi connectivity index (χ3n) is 2.39. The standard InChI is InChI=1S/C13H18O3S/c1-10-2-4-11(5-3-10)9-17-7-6-12(14)8-13(15)16/h2-5,12,14H,6-9H2,1H3,(H,15,16). The number of aliphatic carboxylic acids is 1. The first-order valence-corrected chi connectivity index (χ1v) is 6.76. The SMILES string of the molecule is Cc1ccc(CSCCC(O)CC(=O)O)cc1. The van der Waals surface area contributed by atoms with E-state index in [1.54, 1.807) is 11.8 Å². The predicted octanol–water partition coefficient (Wildman–Crippen LogP) is 2.45. The number of carboxylic acid groups (broad SMARTS) is 1. The summed E-state index contributed by atoms with van der Waals surface area (Å²) in [5, 5.41) is 17.8. The third-order valence-corrected chi connectivity index (χ3v) is 3.46. The smallest absolute Gasteiger partial charge is 0.305 e. The first-order valence-electron chi connectivity index (χ1n) is 5.61. The lowest BCUT2D eigenvalue weighted by atomic mass is 10.2. The molecule has 1 aromatic carbocycles. The van der Waals surface area contributed by atoms with Gasteiger partial charge in [-0.15, -0.1) is 0 Å². The summed E-state index contributed by atoms with van der Waals surface area (Å²) in [6.07, 6.45) is -0.355. The van der Waals surface area contributed by atoms with Crippen molar-refractivity contribution in [3.8, 4) is 0 Å². The highest BCUT2D eigenvalue weighted by Crippen LogP contribution is 2.15. The van der Waals surface area contributed by atoms with E-state index in [1.165, 1.54) is 11.1 Å². The average molecular weight is 254 g/mol. The lowest BCUT2D eigenvalue weighted by Crippen LogP contribution is -2.13. The lowest BCUT2D eigenvalue weighted by molar-refractivity contribution is -0.139. The highest BCUT2D eigenvalue weighted by atomic mass is 32.2. The Morgan fingerprint density at radius 1 is 1.35 bits per heavy atom. The van der Waals surface area contributed by atoms with Gasteiger partial charge in [-0.2, -0.15) is 11.8 Å². The second-order valence-electron chi connectivity index (χ2n) is 4.08. The fraction of sp³-hybridized carbons (Fsp3) is 0.462. The quantitative estimate of drug-likeness (QED) is 0.734. The average Bonchev–Trinajstić information content (AvgIpc) is 2.26. The number of aryl methyl sites for hydroxylation is 1. The molecule has 3 nitrogen and oxygen atoms in total. The van der Waals surface area contributed by atoms with Crippen LogP contribution >= 0.6 is 11.8 Å². The molecule has 0 saturated carbocycles. The van der Waals surface area contributed by atoms with Gasteiger partial charge in [0.2, 0.25) is 0 Å². The van der Waals surface area contributed by atoms with Crippen molar-refractivity contribution in [3.63, 3.8) is 0 Å². The van der Waals surface area contributed by atoms with E-state index in [2.05, 4.69) is 31.2 Å². The third kappa shape index (κ3) is 6.34. The topological polar surface area (TPSA) is 57.5 Å². The van der Waals surface area contributed by atoms with Crippen LogP contribution in [0.2, 0.25) is 0 Å². The number of aliphatic hydroxyl groups excluding tert-OH is 1. The molecule has 0 fully saturated rings. The molecule has 1 atom stereocenters. The molecule has 0 radical (unpaired) electrons. The number of benzene rings is 1. The molecular weight excluding hydrogens is 236 g/mol. The van der Waals surface area contributed by atoms with Crippen molar-refractivity contribution in [1.82, 2.24) is 0 Å². The van der Waals surface area contributed by atoms with Crippen LogP contribution in [0, 0.1) is 6.92 Å². The summed E-state index contributed by atoms with van der Waals surface area (Å²) in [5.41, 5.74) is 2.50. The normalized spacial score (nSPS) is 12.4. The van der Waals surface area contributed by atoms with Crippen molar-refractivity contribution < 1.29 is 15.0 Å². The minimum Gasteiger partial charge on any atom is -0.481 e. The lowest BCUT2D eigenvalue weighted by Gasteiger charge is -2.07. The molecule has 0 amide bonds. The highest BCUT2D eigenvalue weighted by molar-refractivity contribution is 7.98. The van der Waals surface area contributed by atoms with Crippen LogP contribution in [0.3, 0.4) is 0 Å². The zero-order valence-electron chi connectivity index (χ0n) is 9.93. The minimum atomic E-state index is -0.943. The summed E-state index contributed by atoms with van der Waals surface area (Å²) in [7, 11) is 0. The van der Waals surface area contributed by atoms with Crippen molar-refractivity contribution in [2.45, 2.75) is 31.6 Å². The molecule has 0 saturated heterocycles. The van der Waals surface area contributed by atoms with Gasteiger partial charge in [-0.25, -0.2) is 0 Å². The van der Waals surface area contributed by atoms with E-state index in [4.69, 9.17) is 5.11 Å². The largest absolute Gasteiger partial charge is 0.481 e. The first-order chi connectivity index (χ1) is 8.08. The molecule has 0 bridgehead atoms. The zero-order valence-corrected chi connectivity index (χ0v) is 10.7. The Morgan fingerprint density at radius 3 is 2.59 bits per heavy atom. The molecule has 0 aliphatic carbocycles. The Labute approximate surface area is 106 Å². The molecule has 94 valence electrons. The fourth-order valence-corrected chi connectivity index (χ4v) is 2.41. The van der Waals surface area contributed by atoms with Crippen LogP contribution in [0.5, 0.6) is 0 Å². The van der Waals surface area contributed by atoms with Gasteiger partial charge in [0, 0.05) is 5.75 Å². The number of hydrogen-bond acceptors (Lipinski definition) is 3. The molecule has 0 aliphatic heterocycles. The number of rotatable bonds is 7. The van der Waals surface area contributed by atoms with E-state index in [0.29, 0.717) is 6.42 Å². The van der Waals surface area contributed by atoms with Crippen molar-refractivity contribution in [3.05, 3.63) is 35.4 Å². The van der Waals surface area contributed by atoms with Crippen molar-refractivity contribution in [2.75, 3.05) is 5.75 Å². The Balaban J connectivity index is 2.15. The minimum absolute atomic E-state index is 0.162. The Morgan fingerprint density at radius 2 is 2.00 bits per heavy atom. The Hall–Kier alpha value is -1.00. The summed E-state index contributed by atoms with van der Waals surface area (Å²) < 4.78 is 0. The number of aliphatic hydroxyl groups is 1. The molecule has 0 aromatic heterocycles. The van der Waals surface area contributed by atoms with Gasteiger partial charge < -0.3 is 10.2 Å². The molecule has 4 heteroatoms. The van der Waals surface area contributed by atoms with Crippen molar-refractivity contribution in [2.24, 2.45) is 0 Å². The molecule has 0 aliphatic rings. The van der Waals surface area contributed by atoms with E-state index < -0.39 is 12.1 Å². The van der Waals surface area contributed by atoms with Crippen molar-refractivity contribution >= 4 is 17.7 Å². The maximum absolute atomic E-state index is 10.3. The Kier molecular flexibility index (Phi) is 6.08. The molecule has 17 heavy (non-hydrogen) atoms. The van der Waals surface area contributed by atoms with Gasteiger partial charge in [0.15, 0.2) is 0 Å². The van der Waals surface area contributed by atoms with Crippen LogP contribution in [-0.2, 0) is 10.5 Å². The van der Waals surface area contributed by atoms with Crippen LogP contribution < -0.4 is 0 Å². The number of carbonyl (C=O) groups is 1. The highest BCUT2D eigenvalue weighted by Gasteiger charge is 2.08. The van der Waals surface area contributed by atoms with Crippen LogP contribution in [0.15, 0.2) is 24.3 Å². The summed E-state index contributed by atoms with van der Waals surface area (Å²) in [6.45, 7) is 2.05. The van der Waals surface area contributed by atoms with E-state index in [1.807, 2.05) is 0 Å². The number of carboxylic acids is 1. The molecule has 0 spiro atoms. The molecular formula is C13H18O3S. The van der Waals surface area contributed by atoms with E-state index in [-0.39, 0.29) is 6.42 Å². The summed E-state index contributed by atoms with van der Waals surface area (Å²) in [6, 6.07) is 8.34. The number of thioether (sulfide) groups is 1. The van der Waals surface area contributed by atoms with E-state index in [0.717, 1.165) is 11.5 Å². The van der Waals surface area contributed by atoms with E-state index >= 15 is 0 Å². The second-order valence-corrected chi connectivity index (χ2v) is 5.18. The summed E-state index contributed by atoms with van der Waals surface area (Å²) in [5.74, 6) is 0.739. The monoisotopic (exact) mass is 254 g/mol. The van der Waals surface area contributed by atoms with Crippen LogP contribution in [0.1, 0.15) is 24.0 Å². The van der Waals surface area contributed by atoms with Crippen LogP contribution in [-0.4, -0.2) is 28.0 Å². The predicted molar refractivity (Wildman–Crippen MR) is 70.2 cm³/mol. The van der Waals surface area contributed by atoms with Gasteiger partial charge in [-0.3, -0.25) is 4.79 Å². The molecule has 2 N–H and O–H groups in total. The van der Waals surface area contributed by atoms with Gasteiger partial charge in [-0.05, 0) is 24.7 Å². The molecule has 1 rings (SSSR count). The van der Waals surface area contributed by atoms with Crippen LogP contribution in [0.25, 0.3) is 0 Å². The Bertz CT molecular complexity index is 348. The molecule has 0 heterocycles. The summed E-state index contributed by atoms with van der Waals surface area (Å²) in [4.78, 5) is 10.3. The van der Waals surface area contributed by atoms with Crippen LogP contribution in [0.4, 0.5) is 0 Å². The zero-order chi connectivity index (χ0) is 12.7. The maximum Gasteiger partial charge on any atom is 0.305 e. The molecule has 1 aromatic rings. The number of hydrogen-bond donors (Lipinski definition) is 2.